The van der Waals surface area contributed by atoms with Crippen LogP contribution in [0.5, 0.6) is 0 Å². The third kappa shape index (κ3) is 3.48. The molecule has 0 bridgehead atoms. The molecule has 1 aromatic rings. The van der Waals surface area contributed by atoms with Gasteiger partial charge in [-0.3, -0.25) is 9.59 Å². The van der Waals surface area contributed by atoms with E-state index in [9.17, 15) is 14.7 Å². The summed E-state index contributed by atoms with van der Waals surface area (Å²) in [6.45, 7) is 0. The van der Waals surface area contributed by atoms with Crippen LogP contribution in [0.25, 0.3) is 0 Å². The molecule has 1 fully saturated rings. The number of nitrogens with zero attached hydrogens (tertiary/aromatic N) is 1. The molecule has 20 heavy (non-hydrogen) atoms. The van der Waals surface area contributed by atoms with Gasteiger partial charge in [0.25, 0.3) is 0 Å². The standard InChI is InChI=1S/C14H17ClN2O3/c15-11-8-10(4-7-16-11)17-12(18)9-14(13(19)20)5-2-1-3-6-14/h4,7-8H,1-3,5-6,9H2,(H,19,20)(H,16,17,18). The van der Waals surface area contributed by atoms with Crippen LogP contribution in [-0.2, 0) is 9.59 Å². The monoisotopic (exact) mass is 296 g/mol. The fraction of sp³-hybridized carbons (Fsp3) is 0.500. The van der Waals surface area contributed by atoms with E-state index >= 15 is 0 Å². The predicted octanol–water partition coefficient (Wildman–Crippen LogP) is 3.10. The number of carboxylic acid groups (broad SMARTS) is 1. The highest BCUT2D eigenvalue weighted by Crippen LogP contribution is 2.39. The molecule has 1 aliphatic carbocycles. The van der Waals surface area contributed by atoms with Crippen molar-refractivity contribution in [3.8, 4) is 0 Å². The zero-order chi connectivity index (χ0) is 14.6. The number of carbonyl (C=O) groups excluding carboxylic acids is 1. The molecule has 1 saturated carbocycles. The number of halogens is 1. The summed E-state index contributed by atoms with van der Waals surface area (Å²) in [6.07, 6.45) is 5.38. The van der Waals surface area contributed by atoms with Gasteiger partial charge in [-0.15, -0.1) is 0 Å². The lowest BCUT2D eigenvalue weighted by Gasteiger charge is -2.32. The van der Waals surface area contributed by atoms with E-state index in [4.69, 9.17) is 11.6 Å². The summed E-state index contributed by atoms with van der Waals surface area (Å²) in [6, 6.07) is 3.16. The molecular weight excluding hydrogens is 280 g/mol. The first kappa shape index (κ1) is 14.8. The minimum atomic E-state index is -0.918. The molecule has 5 nitrogen and oxygen atoms in total. The van der Waals surface area contributed by atoms with Gasteiger partial charge in [-0.2, -0.15) is 0 Å². The third-order valence-electron chi connectivity index (χ3n) is 3.77. The summed E-state index contributed by atoms with van der Waals surface area (Å²) in [5.41, 5.74) is -0.384. The van der Waals surface area contributed by atoms with Crippen LogP contribution >= 0.6 is 11.6 Å². The lowest BCUT2D eigenvalue weighted by atomic mass is 9.71. The Morgan fingerprint density at radius 1 is 1.35 bits per heavy atom. The molecule has 1 amide bonds. The highest BCUT2D eigenvalue weighted by molar-refractivity contribution is 6.29. The SMILES string of the molecule is O=C(CC1(C(=O)O)CCCCC1)Nc1ccnc(Cl)c1. The third-order valence-corrected chi connectivity index (χ3v) is 3.98. The van der Waals surface area contributed by atoms with E-state index in [1.54, 1.807) is 6.07 Å². The molecule has 1 aromatic heterocycles. The molecule has 0 radical (unpaired) electrons. The predicted molar refractivity (Wildman–Crippen MR) is 75.6 cm³/mol. The van der Waals surface area contributed by atoms with Crippen molar-refractivity contribution in [2.24, 2.45) is 5.41 Å². The van der Waals surface area contributed by atoms with Gasteiger partial charge in [0.2, 0.25) is 5.91 Å². The molecule has 0 aliphatic heterocycles. The van der Waals surface area contributed by atoms with Crippen LogP contribution in [0.4, 0.5) is 5.69 Å². The second kappa shape index (κ2) is 6.22. The van der Waals surface area contributed by atoms with Crippen molar-refractivity contribution in [1.29, 1.82) is 0 Å². The van der Waals surface area contributed by atoms with Gasteiger partial charge in [-0.1, -0.05) is 30.9 Å². The van der Waals surface area contributed by atoms with Crippen molar-refractivity contribution >= 4 is 29.2 Å². The zero-order valence-electron chi connectivity index (χ0n) is 11.1. The number of nitrogens with one attached hydrogen (secondary N) is 1. The molecule has 2 N–H and O–H groups in total. The fourth-order valence-electron chi connectivity index (χ4n) is 2.69. The van der Waals surface area contributed by atoms with Crippen LogP contribution in [0.2, 0.25) is 5.15 Å². The van der Waals surface area contributed by atoms with Crippen molar-refractivity contribution < 1.29 is 14.7 Å². The van der Waals surface area contributed by atoms with Gasteiger partial charge in [-0.25, -0.2) is 4.98 Å². The first-order valence-electron chi connectivity index (χ1n) is 6.67. The van der Waals surface area contributed by atoms with Gasteiger partial charge in [0.1, 0.15) is 5.15 Å². The van der Waals surface area contributed by atoms with Gasteiger partial charge in [0.05, 0.1) is 5.41 Å². The number of rotatable bonds is 4. The lowest BCUT2D eigenvalue weighted by molar-refractivity contribution is -0.153. The maximum absolute atomic E-state index is 12.1. The first-order valence-corrected chi connectivity index (χ1v) is 7.04. The molecule has 0 aromatic carbocycles. The number of amides is 1. The van der Waals surface area contributed by atoms with Crippen LogP contribution in [0, 0.1) is 5.41 Å². The quantitative estimate of drug-likeness (QED) is 0.837. The Balaban J connectivity index is 2.03. The fourth-order valence-corrected chi connectivity index (χ4v) is 2.86. The molecule has 0 saturated heterocycles. The Hall–Kier alpha value is -1.62. The zero-order valence-corrected chi connectivity index (χ0v) is 11.8. The summed E-state index contributed by atoms with van der Waals surface area (Å²) in [5, 5.41) is 12.4. The van der Waals surface area contributed by atoms with Gasteiger partial charge >= 0.3 is 5.97 Å². The second-order valence-corrected chi connectivity index (χ2v) is 5.63. The molecule has 1 heterocycles. The Morgan fingerprint density at radius 2 is 2.05 bits per heavy atom. The van der Waals surface area contributed by atoms with Crippen LogP contribution in [-0.4, -0.2) is 22.0 Å². The van der Waals surface area contributed by atoms with Gasteiger partial charge in [-0.05, 0) is 25.0 Å². The molecule has 108 valence electrons. The Morgan fingerprint density at radius 3 is 2.65 bits per heavy atom. The number of carbonyl (C=O) groups is 2. The van der Waals surface area contributed by atoms with E-state index in [2.05, 4.69) is 10.3 Å². The molecule has 0 spiro atoms. The summed E-state index contributed by atoms with van der Waals surface area (Å²) in [4.78, 5) is 27.4. The second-order valence-electron chi connectivity index (χ2n) is 5.24. The minimum Gasteiger partial charge on any atom is -0.481 e. The number of anilines is 1. The van der Waals surface area contributed by atoms with E-state index < -0.39 is 11.4 Å². The van der Waals surface area contributed by atoms with Crippen LogP contribution in [0.15, 0.2) is 18.3 Å². The Kier molecular flexibility index (Phi) is 4.60. The summed E-state index contributed by atoms with van der Waals surface area (Å²) < 4.78 is 0. The van der Waals surface area contributed by atoms with Crippen LogP contribution < -0.4 is 5.32 Å². The van der Waals surface area contributed by atoms with Gasteiger partial charge < -0.3 is 10.4 Å². The number of hydrogen-bond donors (Lipinski definition) is 2. The highest BCUT2D eigenvalue weighted by atomic mass is 35.5. The largest absolute Gasteiger partial charge is 0.481 e. The first-order chi connectivity index (χ1) is 9.52. The van der Waals surface area contributed by atoms with Crippen molar-refractivity contribution in [2.45, 2.75) is 38.5 Å². The number of aromatic nitrogens is 1. The van der Waals surface area contributed by atoms with Crippen LogP contribution in [0.1, 0.15) is 38.5 Å². The number of carboxylic acids is 1. The Bertz CT molecular complexity index is 513. The Labute approximate surface area is 122 Å². The average molecular weight is 297 g/mol. The number of aliphatic carboxylic acids is 1. The lowest BCUT2D eigenvalue weighted by Crippen LogP contribution is -2.37. The van der Waals surface area contributed by atoms with E-state index in [0.29, 0.717) is 18.5 Å². The van der Waals surface area contributed by atoms with E-state index in [0.717, 1.165) is 19.3 Å². The number of pyridine rings is 1. The van der Waals surface area contributed by atoms with E-state index in [1.165, 1.54) is 12.3 Å². The normalized spacial score (nSPS) is 17.4. The molecule has 2 rings (SSSR count). The average Bonchev–Trinajstić information content (AvgIpc) is 2.39. The van der Waals surface area contributed by atoms with E-state index in [1.807, 2.05) is 0 Å². The molecule has 0 unspecified atom stereocenters. The highest BCUT2D eigenvalue weighted by Gasteiger charge is 2.41. The van der Waals surface area contributed by atoms with Gasteiger partial charge in [0, 0.05) is 18.3 Å². The van der Waals surface area contributed by atoms with Crippen molar-refractivity contribution in [3.63, 3.8) is 0 Å². The smallest absolute Gasteiger partial charge is 0.310 e. The summed E-state index contributed by atoms with van der Waals surface area (Å²) >= 11 is 5.74. The van der Waals surface area contributed by atoms with Gasteiger partial charge in [0.15, 0.2) is 0 Å². The van der Waals surface area contributed by atoms with Crippen molar-refractivity contribution in [1.82, 2.24) is 4.98 Å². The van der Waals surface area contributed by atoms with Crippen molar-refractivity contribution in [2.75, 3.05) is 5.32 Å². The summed E-state index contributed by atoms with van der Waals surface area (Å²) in [5.74, 6) is -1.17. The molecular formula is C14H17ClN2O3. The minimum absolute atomic E-state index is 0.00226. The molecule has 6 heteroatoms. The topological polar surface area (TPSA) is 79.3 Å². The van der Waals surface area contributed by atoms with Crippen LogP contribution in [0.3, 0.4) is 0 Å². The molecule has 0 atom stereocenters. The van der Waals surface area contributed by atoms with E-state index in [-0.39, 0.29) is 17.5 Å². The number of hydrogen-bond acceptors (Lipinski definition) is 3. The van der Waals surface area contributed by atoms with Crippen molar-refractivity contribution in [3.05, 3.63) is 23.5 Å². The summed E-state index contributed by atoms with van der Waals surface area (Å²) in [7, 11) is 0. The maximum atomic E-state index is 12.1. The maximum Gasteiger partial charge on any atom is 0.310 e. The molecule has 1 aliphatic rings.